The Kier molecular flexibility index (Phi) is 5.86. The first kappa shape index (κ1) is 22.5. The fourth-order valence-corrected chi connectivity index (χ4v) is 5.37. The van der Waals surface area contributed by atoms with Crippen molar-refractivity contribution < 1.29 is 0 Å². The van der Waals surface area contributed by atoms with E-state index in [1.165, 1.54) is 16.5 Å². The summed E-state index contributed by atoms with van der Waals surface area (Å²) in [6.07, 6.45) is 1.92. The largest absolute Gasteiger partial charge is 0.346 e. The maximum atomic E-state index is 13.1. The number of piperazine rings is 1. The molecule has 10 heteroatoms. The van der Waals surface area contributed by atoms with Crippen molar-refractivity contribution in [1.82, 2.24) is 28.6 Å². The summed E-state index contributed by atoms with van der Waals surface area (Å²) < 4.78 is 4.62. The summed E-state index contributed by atoms with van der Waals surface area (Å²) in [5.41, 5.74) is 2.49. The van der Waals surface area contributed by atoms with E-state index in [1.54, 1.807) is 18.4 Å². The molecule has 0 radical (unpaired) electrons. The van der Waals surface area contributed by atoms with Crippen molar-refractivity contribution in [3.05, 3.63) is 73.1 Å². The zero-order valence-corrected chi connectivity index (χ0v) is 20.8. The molecule has 1 aliphatic rings. The van der Waals surface area contributed by atoms with Crippen LogP contribution in [0.1, 0.15) is 21.8 Å². The number of hydrogen-bond acceptors (Lipinski definition) is 7. The maximum Gasteiger partial charge on any atom is 0.332 e. The van der Waals surface area contributed by atoms with E-state index in [1.807, 2.05) is 16.8 Å². The Hall–Kier alpha value is -3.24. The molecule has 0 saturated carbocycles. The number of aryl methyl sites for hydroxylation is 3. The summed E-state index contributed by atoms with van der Waals surface area (Å²) >= 11 is 1.72. The molecule has 0 atom stereocenters. The summed E-state index contributed by atoms with van der Waals surface area (Å²) in [6, 6.07) is 8.26. The van der Waals surface area contributed by atoms with E-state index in [4.69, 9.17) is 4.98 Å². The van der Waals surface area contributed by atoms with Gasteiger partial charge in [-0.05, 0) is 19.4 Å². The molecule has 0 aliphatic carbocycles. The Morgan fingerprint density at radius 1 is 1.00 bits per heavy atom. The third-order valence-corrected chi connectivity index (χ3v) is 7.44. The number of hydrogen-bond donors (Lipinski definition) is 0. The molecule has 0 N–H and O–H groups in total. The molecule has 0 bridgehead atoms. The number of nitrogens with zero attached hydrogens (tertiary/aromatic N) is 7. The van der Waals surface area contributed by atoms with Gasteiger partial charge in [0.05, 0.1) is 6.54 Å². The Balaban J connectivity index is 1.49. The van der Waals surface area contributed by atoms with E-state index in [0.29, 0.717) is 24.3 Å². The van der Waals surface area contributed by atoms with Gasteiger partial charge in [-0.15, -0.1) is 11.3 Å². The Labute approximate surface area is 201 Å². The number of anilines is 1. The van der Waals surface area contributed by atoms with Crippen LogP contribution in [0.3, 0.4) is 0 Å². The van der Waals surface area contributed by atoms with Crippen molar-refractivity contribution in [1.29, 1.82) is 0 Å². The van der Waals surface area contributed by atoms with Crippen LogP contribution in [0.5, 0.6) is 0 Å². The number of aromatic nitrogens is 5. The molecular weight excluding hydrogens is 450 g/mol. The van der Waals surface area contributed by atoms with Crippen molar-refractivity contribution in [3.8, 4) is 0 Å². The van der Waals surface area contributed by atoms with Crippen LogP contribution in [0.4, 0.5) is 5.13 Å². The monoisotopic (exact) mass is 479 g/mol. The predicted octanol–water partition coefficient (Wildman–Crippen LogP) is 1.88. The first-order chi connectivity index (χ1) is 16.3. The molecule has 9 nitrogen and oxygen atoms in total. The third kappa shape index (κ3) is 4.07. The summed E-state index contributed by atoms with van der Waals surface area (Å²) in [5, 5.41) is 1.07. The molecule has 3 aromatic heterocycles. The van der Waals surface area contributed by atoms with E-state index >= 15 is 0 Å². The minimum Gasteiger partial charge on any atom is -0.346 e. The van der Waals surface area contributed by atoms with Gasteiger partial charge in [-0.3, -0.25) is 18.8 Å². The van der Waals surface area contributed by atoms with Crippen LogP contribution in [0, 0.1) is 13.8 Å². The lowest BCUT2D eigenvalue weighted by Crippen LogP contribution is -2.46. The van der Waals surface area contributed by atoms with Gasteiger partial charge >= 0.3 is 5.69 Å². The SMILES string of the molecule is Cc1cccc(Cn2c(CN3CCN(c4ncc(C)s4)CC3)nc3c2c(=O)n(C)c(=O)n3C)c1. The van der Waals surface area contributed by atoms with E-state index in [0.717, 1.165) is 52.8 Å². The molecule has 0 spiro atoms. The highest BCUT2D eigenvalue weighted by Crippen LogP contribution is 2.23. The molecule has 4 heterocycles. The number of benzene rings is 1. The van der Waals surface area contributed by atoms with Gasteiger partial charge in [0.1, 0.15) is 5.82 Å². The molecule has 1 fully saturated rings. The minimum absolute atomic E-state index is 0.312. The number of imidazole rings is 1. The molecule has 1 aromatic carbocycles. The van der Waals surface area contributed by atoms with Crippen molar-refractivity contribution in [2.45, 2.75) is 26.9 Å². The molecule has 5 rings (SSSR count). The first-order valence-corrected chi connectivity index (χ1v) is 12.2. The predicted molar refractivity (Wildman–Crippen MR) is 135 cm³/mol. The van der Waals surface area contributed by atoms with Gasteiger partial charge in [-0.1, -0.05) is 29.8 Å². The van der Waals surface area contributed by atoms with E-state index in [9.17, 15) is 9.59 Å². The lowest BCUT2D eigenvalue weighted by molar-refractivity contribution is 0.241. The number of fused-ring (bicyclic) bond motifs is 1. The molecule has 0 amide bonds. The van der Waals surface area contributed by atoms with Gasteiger partial charge in [0.2, 0.25) is 0 Å². The van der Waals surface area contributed by atoms with Crippen LogP contribution in [0.15, 0.2) is 40.1 Å². The lowest BCUT2D eigenvalue weighted by atomic mass is 10.1. The average Bonchev–Trinajstić information content (AvgIpc) is 3.41. The average molecular weight is 480 g/mol. The number of thiazole rings is 1. The van der Waals surface area contributed by atoms with Gasteiger partial charge in [0, 0.05) is 57.9 Å². The summed E-state index contributed by atoms with van der Waals surface area (Å²) in [4.78, 5) is 40.9. The van der Waals surface area contributed by atoms with Crippen LogP contribution < -0.4 is 16.1 Å². The molecule has 0 unspecified atom stereocenters. The van der Waals surface area contributed by atoms with Gasteiger partial charge < -0.3 is 9.47 Å². The highest BCUT2D eigenvalue weighted by atomic mass is 32.1. The Bertz CT molecular complexity index is 1470. The van der Waals surface area contributed by atoms with Crippen molar-refractivity contribution in [2.24, 2.45) is 14.1 Å². The normalized spacial score (nSPS) is 14.9. The van der Waals surface area contributed by atoms with Gasteiger partial charge in [-0.2, -0.15) is 0 Å². The zero-order valence-electron chi connectivity index (χ0n) is 20.0. The summed E-state index contributed by atoms with van der Waals surface area (Å²) in [7, 11) is 3.19. The molecule has 1 aliphatic heterocycles. The summed E-state index contributed by atoms with van der Waals surface area (Å²) in [6.45, 7) is 8.82. The Morgan fingerprint density at radius 2 is 1.76 bits per heavy atom. The van der Waals surface area contributed by atoms with Crippen LogP contribution in [-0.4, -0.2) is 54.7 Å². The second-order valence-corrected chi connectivity index (χ2v) is 10.2. The van der Waals surface area contributed by atoms with Crippen molar-refractivity contribution in [2.75, 3.05) is 31.1 Å². The van der Waals surface area contributed by atoms with Crippen LogP contribution in [0.2, 0.25) is 0 Å². The smallest absolute Gasteiger partial charge is 0.332 e. The van der Waals surface area contributed by atoms with Crippen molar-refractivity contribution in [3.63, 3.8) is 0 Å². The van der Waals surface area contributed by atoms with Crippen molar-refractivity contribution >= 4 is 27.6 Å². The Morgan fingerprint density at radius 3 is 2.44 bits per heavy atom. The maximum absolute atomic E-state index is 13.1. The summed E-state index contributed by atoms with van der Waals surface area (Å²) in [5.74, 6) is 0.799. The fraction of sp³-hybridized carbons (Fsp3) is 0.417. The molecule has 1 saturated heterocycles. The first-order valence-electron chi connectivity index (χ1n) is 11.4. The second kappa shape index (κ2) is 8.84. The van der Waals surface area contributed by atoms with E-state index in [-0.39, 0.29) is 11.2 Å². The highest BCUT2D eigenvalue weighted by Gasteiger charge is 2.24. The third-order valence-electron chi connectivity index (χ3n) is 6.47. The van der Waals surface area contributed by atoms with E-state index < -0.39 is 0 Å². The zero-order chi connectivity index (χ0) is 24.0. The quantitative estimate of drug-likeness (QED) is 0.435. The fourth-order valence-electron chi connectivity index (χ4n) is 4.56. The van der Waals surface area contributed by atoms with Gasteiger partial charge in [0.25, 0.3) is 5.56 Å². The molecular formula is C24H29N7O2S. The highest BCUT2D eigenvalue weighted by molar-refractivity contribution is 7.15. The van der Waals surface area contributed by atoms with Crippen LogP contribution in [-0.2, 0) is 27.2 Å². The standard InChI is InChI=1S/C24H29N7O2S/c1-16-6-5-7-18(12-16)14-31-19(26-21-20(31)22(32)28(4)24(33)27(21)3)15-29-8-10-30(11-9-29)23-25-13-17(2)34-23/h5-7,12-13H,8-11,14-15H2,1-4H3. The molecule has 178 valence electrons. The molecule has 4 aromatic rings. The van der Waals surface area contributed by atoms with Gasteiger partial charge in [-0.25, -0.2) is 14.8 Å². The topological polar surface area (TPSA) is 81.2 Å². The van der Waals surface area contributed by atoms with Crippen LogP contribution >= 0.6 is 11.3 Å². The molecule has 34 heavy (non-hydrogen) atoms. The van der Waals surface area contributed by atoms with Gasteiger partial charge in [0.15, 0.2) is 16.3 Å². The van der Waals surface area contributed by atoms with Crippen LogP contribution in [0.25, 0.3) is 11.2 Å². The number of rotatable bonds is 5. The lowest BCUT2D eigenvalue weighted by Gasteiger charge is -2.34. The van der Waals surface area contributed by atoms with E-state index in [2.05, 4.69) is 46.8 Å². The minimum atomic E-state index is -0.364. The second-order valence-electron chi connectivity index (χ2n) is 9.00.